The normalized spacial score (nSPS) is 14.1. The summed E-state index contributed by atoms with van der Waals surface area (Å²) in [5, 5.41) is 0. The summed E-state index contributed by atoms with van der Waals surface area (Å²) < 4.78 is 17.2. The maximum absolute atomic E-state index is 12.2. The van der Waals surface area contributed by atoms with Crippen LogP contribution in [-0.4, -0.2) is 18.2 Å². The summed E-state index contributed by atoms with van der Waals surface area (Å²) in [5.74, 6) is -1.03. The summed E-state index contributed by atoms with van der Waals surface area (Å²) >= 11 is 0. The molecule has 72 valence electrons. The Labute approximate surface area is 73.1 Å². The molecule has 0 aliphatic heterocycles. The van der Waals surface area contributed by atoms with Crippen molar-refractivity contribution in [3.8, 4) is 0 Å². The maximum Gasteiger partial charge on any atom is 0.312 e. The SMILES string of the molecule is CCC(CF)C(=O)OC(C)(C)C. The third kappa shape index (κ3) is 4.31. The number of rotatable bonds is 3. The van der Waals surface area contributed by atoms with Gasteiger partial charge in [-0.1, -0.05) is 6.92 Å². The lowest BCUT2D eigenvalue weighted by molar-refractivity contribution is -0.160. The van der Waals surface area contributed by atoms with E-state index in [-0.39, 0.29) is 0 Å². The van der Waals surface area contributed by atoms with Crippen LogP contribution in [0, 0.1) is 5.92 Å². The zero-order valence-electron chi connectivity index (χ0n) is 8.19. The van der Waals surface area contributed by atoms with Crippen molar-refractivity contribution in [2.45, 2.75) is 39.7 Å². The molecule has 0 saturated heterocycles. The molecular weight excluding hydrogens is 159 g/mol. The van der Waals surface area contributed by atoms with E-state index in [4.69, 9.17) is 4.74 Å². The first-order valence-corrected chi connectivity index (χ1v) is 4.19. The fraction of sp³-hybridized carbons (Fsp3) is 0.889. The van der Waals surface area contributed by atoms with Crippen LogP contribution < -0.4 is 0 Å². The highest BCUT2D eigenvalue weighted by atomic mass is 19.1. The highest BCUT2D eigenvalue weighted by molar-refractivity contribution is 5.72. The van der Waals surface area contributed by atoms with E-state index >= 15 is 0 Å². The minimum atomic E-state index is -0.634. The molecule has 3 heteroatoms. The lowest BCUT2D eigenvalue weighted by atomic mass is 10.1. The van der Waals surface area contributed by atoms with Gasteiger partial charge in [-0.2, -0.15) is 0 Å². The quantitative estimate of drug-likeness (QED) is 0.617. The average molecular weight is 176 g/mol. The lowest BCUT2D eigenvalue weighted by Gasteiger charge is -2.22. The molecule has 0 rings (SSSR count). The Hall–Kier alpha value is -0.600. The van der Waals surface area contributed by atoms with Gasteiger partial charge in [0.2, 0.25) is 0 Å². The molecule has 0 bridgehead atoms. The molecule has 0 fully saturated rings. The van der Waals surface area contributed by atoms with Crippen molar-refractivity contribution in [2.75, 3.05) is 6.67 Å². The van der Waals surface area contributed by atoms with E-state index in [0.717, 1.165) is 0 Å². The molecular formula is C9H17FO2. The van der Waals surface area contributed by atoms with Gasteiger partial charge in [-0.25, -0.2) is 0 Å². The summed E-state index contributed by atoms with van der Waals surface area (Å²) in [5.41, 5.74) is -0.514. The number of ether oxygens (including phenoxy) is 1. The summed E-state index contributed by atoms with van der Waals surface area (Å²) in [6.07, 6.45) is 0.491. The number of carbonyl (C=O) groups excluding carboxylic acids is 1. The van der Waals surface area contributed by atoms with E-state index in [1.54, 1.807) is 27.7 Å². The molecule has 0 N–H and O–H groups in total. The third-order valence-electron chi connectivity index (χ3n) is 1.42. The van der Waals surface area contributed by atoms with E-state index in [1.807, 2.05) is 0 Å². The van der Waals surface area contributed by atoms with E-state index in [0.29, 0.717) is 6.42 Å². The van der Waals surface area contributed by atoms with Crippen LogP contribution in [0.2, 0.25) is 0 Å². The van der Waals surface area contributed by atoms with E-state index in [2.05, 4.69) is 0 Å². The number of esters is 1. The zero-order valence-corrected chi connectivity index (χ0v) is 8.19. The van der Waals surface area contributed by atoms with Crippen LogP contribution in [0.5, 0.6) is 0 Å². The van der Waals surface area contributed by atoms with Crippen LogP contribution in [0.1, 0.15) is 34.1 Å². The van der Waals surface area contributed by atoms with Gasteiger partial charge >= 0.3 is 5.97 Å². The summed E-state index contributed by atoms with van der Waals surface area (Å²) in [6, 6.07) is 0. The Kier molecular flexibility index (Phi) is 4.21. The first kappa shape index (κ1) is 11.4. The number of hydrogen-bond acceptors (Lipinski definition) is 2. The Morgan fingerprint density at radius 1 is 1.50 bits per heavy atom. The molecule has 0 saturated carbocycles. The number of carbonyl (C=O) groups is 1. The van der Waals surface area contributed by atoms with Gasteiger partial charge in [0.1, 0.15) is 12.3 Å². The fourth-order valence-electron chi connectivity index (χ4n) is 0.724. The third-order valence-corrected chi connectivity index (χ3v) is 1.42. The van der Waals surface area contributed by atoms with Crippen LogP contribution in [0.15, 0.2) is 0 Å². The molecule has 0 heterocycles. The van der Waals surface area contributed by atoms with Gasteiger partial charge in [0.05, 0.1) is 5.92 Å². The minimum absolute atomic E-state index is 0.438. The molecule has 12 heavy (non-hydrogen) atoms. The van der Waals surface area contributed by atoms with Gasteiger partial charge in [0, 0.05) is 0 Å². The smallest absolute Gasteiger partial charge is 0.312 e. The summed E-state index contributed by atoms with van der Waals surface area (Å²) in [6.45, 7) is 6.46. The van der Waals surface area contributed by atoms with Crippen LogP contribution in [0.4, 0.5) is 4.39 Å². The molecule has 0 amide bonds. The second kappa shape index (κ2) is 4.43. The van der Waals surface area contributed by atoms with Crippen LogP contribution in [0.3, 0.4) is 0 Å². The van der Waals surface area contributed by atoms with Gasteiger partial charge in [-0.15, -0.1) is 0 Å². The molecule has 1 unspecified atom stereocenters. The molecule has 0 spiro atoms. The molecule has 0 aromatic carbocycles. The number of alkyl halides is 1. The van der Waals surface area contributed by atoms with Crippen LogP contribution >= 0.6 is 0 Å². The molecule has 0 aromatic heterocycles. The first-order chi connectivity index (χ1) is 5.40. The van der Waals surface area contributed by atoms with E-state index < -0.39 is 24.2 Å². The molecule has 2 nitrogen and oxygen atoms in total. The van der Waals surface area contributed by atoms with Crippen molar-refractivity contribution in [2.24, 2.45) is 5.92 Å². The summed E-state index contributed by atoms with van der Waals surface area (Å²) in [4.78, 5) is 11.2. The monoisotopic (exact) mass is 176 g/mol. The van der Waals surface area contributed by atoms with Crippen molar-refractivity contribution in [3.63, 3.8) is 0 Å². The Morgan fingerprint density at radius 3 is 2.25 bits per heavy atom. The van der Waals surface area contributed by atoms with E-state index in [1.165, 1.54) is 0 Å². The predicted octanol–water partition coefficient (Wildman–Crippen LogP) is 2.32. The Morgan fingerprint density at radius 2 is 2.00 bits per heavy atom. The molecule has 0 aliphatic rings. The summed E-state index contributed by atoms with van der Waals surface area (Å²) in [7, 11) is 0. The lowest BCUT2D eigenvalue weighted by Crippen LogP contribution is -2.29. The number of halogens is 1. The maximum atomic E-state index is 12.2. The van der Waals surface area contributed by atoms with Crippen molar-refractivity contribution in [1.82, 2.24) is 0 Å². The Balaban J connectivity index is 4.02. The molecule has 1 atom stereocenters. The van der Waals surface area contributed by atoms with Crippen molar-refractivity contribution in [3.05, 3.63) is 0 Å². The number of hydrogen-bond donors (Lipinski definition) is 0. The fourth-order valence-corrected chi connectivity index (χ4v) is 0.724. The highest BCUT2D eigenvalue weighted by Crippen LogP contribution is 2.13. The van der Waals surface area contributed by atoms with Crippen molar-refractivity contribution >= 4 is 5.97 Å². The second-order valence-corrected chi connectivity index (χ2v) is 3.79. The van der Waals surface area contributed by atoms with E-state index in [9.17, 15) is 9.18 Å². The second-order valence-electron chi connectivity index (χ2n) is 3.79. The predicted molar refractivity (Wildman–Crippen MR) is 45.6 cm³/mol. The van der Waals surface area contributed by atoms with Crippen LogP contribution in [0.25, 0.3) is 0 Å². The largest absolute Gasteiger partial charge is 0.460 e. The van der Waals surface area contributed by atoms with Gasteiger partial charge in [0.25, 0.3) is 0 Å². The van der Waals surface area contributed by atoms with Gasteiger partial charge in [-0.05, 0) is 27.2 Å². The first-order valence-electron chi connectivity index (χ1n) is 4.19. The van der Waals surface area contributed by atoms with Gasteiger partial charge in [0.15, 0.2) is 0 Å². The molecule has 0 aliphatic carbocycles. The van der Waals surface area contributed by atoms with Crippen LogP contribution in [-0.2, 0) is 9.53 Å². The highest BCUT2D eigenvalue weighted by Gasteiger charge is 2.23. The van der Waals surface area contributed by atoms with Gasteiger partial charge in [-0.3, -0.25) is 9.18 Å². The van der Waals surface area contributed by atoms with Gasteiger partial charge < -0.3 is 4.74 Å². The topological polar surface area (TPSA) is 26.3 Å². The van der Waals surface area contributed by atoms with Crippen molar-refractivity contribution < 1.29 is 13.9 Å². The standard InChI is InChI=1S/C9H17FO2/c1-5-7(6-10)8(11)12-9(2,3)4/h7H,5-6H2,1-4H3. The Bertz CT molecular complexity index is 145. The zero-order chi connectivity index (χ0) is 9.78. The minimum Gasteiger partial charge on any atom is -0.460 e. The average Bonchev–Trinajstić information content (AvgIpc) is 1.85. The molecule has 0 radical (unpaired) electrons. The molecule has 0 aromatic rings. The van der Waals surface area contributed by atoms with Crippen molar-refractivity contribution in [1.29, 1.82) is 0 Å².